The molecule has 0 aromatic carbocycles. The highest BCUT2D eigenvalue weighted by Crippen LogP contribution is 2.38. The third-order valence-corrected chi connectivity index (χ3v) is 4.43. The van der Waals surface area contributed by atoms with Crippen molar-refractivity contribution in [3.63, 3.8) is 0 Å². The molecule has 0 unspecified atom stereocenters. The first-order valence-electron chi connectivity index (χ1n) is 7.67. The summed E-state index contributed by atoms with van der Waals surface area (Å²) in [6.07, 6.45) is 4.39. The molecule has 2 saturated heterocycles. The van der Waals surface area contributed by atoms with Crippen LogP contribution in [0.4, 0.5) is 11.6 Å². The summed E-state index contributed by atoms with van der Waals surface area (Å²) in [4.78, 5) is 22.4. The molecule has 0 radical (unpaired) electrons. The van der Waals surface area contributed by atoms with Crippen molar-refractivity contribution in [2.24, 2.45) is 5.41 Å². The number of hydrogen-bond acceptors (Lipinski definition) is 5. The van der Waals surface area contributed by atoms with E-state index in [1.54, 1.807) is 6.33 Å². The van der Waals surface area contributed by atoms with E-state index in [1.807, 2.05) is 6.07 Å². The fourth-order valence-electron chi connectivity index (χ4n) is 3.21. The molecule has 0 aliphatic carbocycles. The number of carbonyl (C=O) groups excluding carboxylic acids is 1. The van der Waals surface area contributed by atoms with Gasteiger partial charge in [-0.25, -0.2) is 9.97 Å². The van der Waals surface area contributed by atoms with Crippen molar-refractivity contribution in [1.29, 1.82) is 0 Å². The molecule has 114 valence electrons. The van der Waals surface area contributed by atoms with Crippen LogP contribution in [0.25, 0.3) is 0 Å². The number of piperidine rings is 1. The molecule has 21 heavy (non-hydrogen) atoms. The number of aromatic nitrogens is 2. The van der Waals surface area contributed by atoms with Crippen molar-refractivity contribution in [3.05, 3.63) is 12.4 Å². The molecule has 2 aliphatic heterocycles. The molecule has 0 atom stereocenters. The lowest BCUT2D eigenvalue weighted by Gasteiger charge is -2.38. The summed E-state index contributed by atoms with van der Waals surface area (Å²) in [6, 6.07) is 2.36. The minimum Gasteiger partial charge on any atom is -0.368 e. The second-order valence-electron chi connectivity index (χ2n) is 6.50. The number of carbonyl (C=O) groups is 1. The Morgan fingerprint density at radius 3 is 2.71 bits per heavy atom. The van der Waals surface area contributed by atoms with Gasteiger partial charge >= 0.3 is 0 Å². The van der Waals surface area contributed by atoms with Gasteiger partial charge in [0.25, 0.3) is 0 Å². The van der Waals surface area contributed by atoms with Gasteiger partial charge in [0.15, 0.2) is 0 Å². The maximum absolute atomic E-state index is 11.5. The average molecular weight is 289 g/mol. The van der Waals surface area contributed by atoms with Crippen LogP contribution in [0.5, 0.6) is 0 Å². The molecule has 2 N–H and O–H groups in total. The van der Waals surface area contributed by atoms with Gasteiger partial charge in [0.1, 0.15) is 18.0 Å². The van der Waals surface area contributed by atoms with E-state index in [1.165, 1.54) is 0 Å². The summed E-state index contributed by atoms with van der Waals surface area (Å²) in [5, 5.41) is 6.28. The zero-order chi connectivity index (χ0) is 14.9. The number of rotatable bonds is 3. The van der Waals surface area contributed by atoms with Crippen molar-refractivity contribution in [2.45, 2.75) is 39.2 Å². The first kappa shape index (κ1) is 14.1. The van der Waals surface area contributed by atoms with Gasteiger partial charge in [-0.2, -0.15) is 0 Å². The molecule has 1 amide bonds. The molecule has 6 nitrogen and oxygen atoms in total. The van der Waals surface area contributed by atoms with Crippen molar-refractivity contribution in [3.8, 4) is 0 Å². The van der Waals surface area contributed by atoms with Gasteiger partial charge in [0.2, 0.25) is 5.91 Å². The molecule has 0 bridgehead atoms. The molecule has 6 heteroatoms. The second kappa shape index (κ2) is 5.50. The first-order chi connectivity index (χ1) is 10.1. The van der Waals surface area contributed by atoms with Crippen molar-refractivity contribution < 1.29 is 4.79 Å². The highest BCUT2D eigenvalue weighted by molar-refractivity contribution is 5.79. The summed E-state index contributed by atoms with van der Waals surface area (Å²) >= 11 is 0. The molecule has 3 rings (SSSR count). The Balaban J connectivity index is 1.65. The fourth-order valence-corrected chi connectivity index (χ4v) is 3.21. The Hall–Kier alpha value is -1.85. The van der Waals surface area contributed by atoms with Gasteiger partial charge < -0.3 is 15.5 Å². The summed E-state index contributed by atoms with van der Waals surface area (Å²) in [5.74, 6) is 2.04. The number of hydrogen-bond donors (Lipinski definition) is 2. The number of nitrogens with one attached hydrogen (secondary N) is 2. The van der Waals surface area contributed by atoms with Gasteiger partial charge in [-0.3, -0.25) is 4.79 Å². The Kier molecular flexibility index (Phi) is 3.69. The van der Waals surface area contributed by atoms with Crippen LogP contribution in [0.3, 0.4) is 0 Å². The third-order valence-electron chi connectivity index (χ3n) is 4.43. The van der Waals surface area contributed by atoms with E-state index in [-0.39, 0.29) is 11.3 Å². The smallest absolute Gasteiger partial charge is 0.220 e. The quantitative estimate of drug-likeness (QED) is 0.880. The van der Waals surface area contributed by atoms with Gasteiger partial charge in [0.05, 0.1) is 0 Å². The molecule has 1 aromatic rings. The van der Waals surface area contributed by atoms with Gasteiger partial charge in [0, 0.05) is 38.2 Å². The van der Waals surface area contributed by atoms with Crippen LogP contribution >= 0.6 is 0 Å². The Bertz CT molecular complexity index is 523. The van der Waals surface area contributed by atoms with E-state index in [4.69, 9.17) is 0 Å². The minimum absolute atomic E-state index is 0.180. The topological polar surface area (TPSA) is 70.2 Å². The molecule has 1 aromatic heterocycles. The summed E-state index contributed by atoms with van der Waals surface area (Å²) < 4.78 is 0. The standard InChI is InChI=1S/C15H23N5O/c1-11(2)19-12-7-13(18-10-17-12)20-5-3-15(4-6-20)8-14(21)16-9-15/h7,10-11H,3-6,8-9H2,1-2H3,(H,16,21)(H,17,18,19). The predicted octanol–water partition coefficient (Wildman–Crippen LogP) is 1.40. The van der Waals surface area contributed by atoms with E-state index in [0.717, 1.165) is 44.1 Å². The zero-order valence-electron chi connectivity index (χ0n) is 12.7. The van der Waals surface area contributed by atoms with Crippen molar-refractivity contribution in [2.75, 3.05) is 29.9 Å². The number of amides is 1. The lowest BCUT2D eigenvalue weighted by molar-refractivity contribution is -0.119. The molecule has 2 aliphatic rings. The van der Waals surface area contributed by atoms with E-state index in [0.29, 0.717) is 12.5 Å². The molecular weight excluding hydrogens is 266 g/mol. The lowest BCUT2D eigenvalue weighted by Crippen LogP contribution is -2.41. The van der Waals surface area contributed by atoms with Crippen LogP contribution in [0.1, 0.15) is 33.1 Å². The van der Waals surface area contributed by atoms with Crippen LogP contribution in [-0.2, 0) is 4.79 Å². The molecule has 3 heterocycles. The first-order valence-corrected chi connectivity index (χ1v) is 7.67. The maximum atomic E-state index is 11.5. The second-order valence-corrected chi connectivity index (χ2v) is 6.50. The molecule has 1 spiro atoms. The van der Waals surface area contributed by atoms with Gasteiger partial charge in [-0.15, -0.1) is 0 Å². The zero-order valence-corrected chi connectivity index (χ0v) is 12.7. The predicted molar refractivity (Wildman–Crippen MR) is 82.3 cm³/mol. The van der Waals surface area contributed by atoms with Crippen LogP contribution in [-0.4, -0.2) is 41.6 Å². The Labute approximate surface area is 125 Å². The molecule has 2 fully saturated rings. The molecular formula is C15H23N5O. The van der Waals surface area contributed by atoms with Crippen LogP contribution in [0.15, 0.2) is 12.4 Å². The van der Waals surface area contributed by atoms with Crippen LogP contribution < -0.4 is 15.5 Å². The van der Waals surface area contributed by atoms with E-state index < -0.39 is 0 Å². The van der Waals surface area contributed by atoms with Crippen molar-refractivity contribution in [1.82, 2.24) is 15.3 Å². The summed E-state index contributed by atoms with van der Waals surface area (Å²) in [7, 11) is 0. The highest BCUT2D eigenvalue weighted by atomic mass is 16.1. The summed E-state index contributed by atoms with van der Waals surface area (Å²) in [6.45, 7) is 6.93. The lowest BCUT2D eigenvalue weighted by atomic mass is 9.78. The van der Waals surface area contributed by atoms with Gasteiger partial charge in [-0.1, -0.05) is 0 Å². The Morgan fingerprint density at radius 2 is 2.10 bits per heavy atom. The monoisotopic (exact) mass is 289 g/mol. The maximum Gasteiger partial charge on any atom is 0.220 e. The fraction of sp³-hybridized carbons (Fsp3) is 0.667. The third kappa shape index (κ3) is 3.09. The summed E-state index contributed by atoms with van der Waals surface area (Å²) in [5.41, 5.74) is 0.180. The minimum atomic E-state index is 0.180. The normalized spacial score (nSPS) is 20.9. The molecule has 0 saturated carbocycles. The average Bonchev–Trinajstić information content (AvgIpc) is 2.80. The van der Waals surface area contributed by atoms with Crippen molar-refractivity contribution >= 4 is 17.5 Å². The largest absolute Gasteiger partial charge is 0.368 e. The number of nitrogens with zero attached hydrogens (tertiary/aromatic N) is 3. The number of anilines is 2. The SMILES string of the molecule is CC(C)Nc1cc(N2CCC3(CC2)CNC(=O)C3)ncn1. The highest BCUT2D eigenvalue weighted by Gasteiger charge is 2.41. The van der Waals surface area contributed by atoms with Crippen LogP contribution in [0, 0.1) is 5.41 Å². The Morgan fingerprint density at radius 1 is 1.33 bits per heavy atom. The van der Waals surface area contributed by atoms with E-state index in [2.05, 4.69) is 39.3 Å². The van der Waals surface area contributed by atoms with E-state index >= 15 is 0 Å². The van der Waals surface area contributed by atoms with E-state index in [9.17, 15) is 4.79 Å². The van der Waals surface area contributed by atoms with Gasteiger partial charge in [-0.05, 0) is 32.1 Å². The van der Waals surface area contributed by atoms with Crippen LogP contribution in [0.2, 0.25) is 0 Å².